The molecule has 3 heteroatoms. The lowest BCUT2D eigenvalue weighted by Crippen LogP contribution is -2.12. The number of hydrogen-bond acceptors (Lipinski definition) is 3. The molecule has 0 N–H and O–H groups in total. The van der Waals surface area contributed by atoms with Gasteiger partial charge in [0.25, 0.3) is 0 Å². The molecule has 1 unspecified atom stereocenters. The fraction of sp³-hybridized carbons (Fsp3) is 0.0323. The highest BCUT2D eigenvalue weighted by molar-refractivity contribution is 5.82. The van der Waals surface area contributed by atoms with Gasteiger partial charge < -0.3 is 14.7 Å². The Morgan fingerprint density at radius 1 is 0.215 bits per heavy atom. The van der Waals surface area contributed by atoms with Crippen LogP contribution >= 0.6 is 0 Å². The largest absolute Gasteiger partial charge is 0.311 e. The van der Waals surface area contributed by atoms with Gasteiger partial charge in [-0.1, -0.05) is 170 Å². The molecule has 65 heavy (non-hydrogen) atoms. The lowest BCUT2D eigenvalue weighted by Gasteiger charge is -2.28. The van der Waals surface area contributed by atoms with Gasteiger partial charge in [0.1, 0.15) is 0 Å². The molecule has 0 fully saturated rings. The second-order valence-electron chi connectivity index (χ2n) is 16.2. The lowest BCUT2D eigenvalue weighted by atomic mass is 9.85. The lowest BCUT2D eigenvalue weighted by molar-refractivity contribution is 0.805. The normalized spacial score (nSPS) is 11.4. The number of rotatable bonds is 14. The van der Waals surface area contributed by atoms with E-state index in [0.717, 1.165) is 57.6 Å². The minimum atomic E-state index is 0.204. The molecule has 0 spiro atoms. The number of anilines is 9. The van der Waals surface area contributed by atoms with Crippen molar-refractivity contribution in [3.63, 3.8) is 0 Å². The van der Waals surface area contributed by atoms with E-state index in [9.17, 15) is 0 Å². The maximum absolute atomic E-state index is 2.32. The first-order valence-electron chi connectivity index (χ1n) is 22.4. The van der Waals surface area contributed by atoms with Crippen molar-refractivity contribution >= 4 is 51.2 Å². The molecule has 0 aromatic heterocycles. The van der Waals surface area contributed by atoms with Crippen molar-refractivity contribution in [2.45, 2.75) is 12.3 Å². The second-order valence-corrected chi connectivity index (χ2v) is 16.2. The first-order valence-corrected chi connectivity index (χ1v) is 22.4. The van der Waals surface area contributed by atoms with Crippen LogP contribution in [0.3, 0.4) is 0 Å². The van der Waals surface area contributed by atoms with Crippen LogP contribution in [-0.4, -0.2) is 0 Å². The SMILES string of the molecule is c1ccc(C(Cc2ccc(-c3ccc(N(c4ccccc4)c4ccc(N(c5ccccc5)c5ccccc5)cc4)cc3)cc2)c2ccc(N(c3ccccc3)c3ccccc3)cc2)cc1. The van der Waals surface area contributed by atoms with Gasteiger partial charge in [0, 0.05) is 57.1 Å². The van der Waals surface area contributed by atoms with E-state index in [0.29, 0.717) is 0 Å². The molecule has 10 aromatic rings. The van der Waals surface area contributed by atoms with Gasteiger partial charge in [0.15, 0.2) is 0 Å². The average Bonchev–Trinajstić information content (AvgIpc) is 3.39. The van der Waals surface area contributed by atoms with Gasteiger partial charge in [-0.2, -0.15) is 0 Å². The van der Waals surface area contributed by atoms with Gasteiger partial charge in [-0.15, -0.1) is 0 Å². The van der Waals surface area contributed by atoms with E-state index >= 15 is 0 Å². The summed E-state index contributed by atoms with van der Waals surface area (Å²) < 4.78 is 0. The zero-order valence-corrected chi connectivity index (χ0v) is 36.2. The highest BCUT2D eigenvalue weighted by atomic mass is 15.2. The third kappa shape index (κ3) is 9.22. The first-order chi connectivity index (χ1) is 32.2. The van der Waals surface area contributed by atoms with Crippen molar-refractivity contribution in [3.05, 3.63) is 296 Å². The second kappa shape index (κ2) is 19.3. The predicted molar refractivity (Wildman–Crippen MR) is 274 cm³/mol. The quantitative estimate of drug-likeness (QED) is 0.108. The van der Waals surface area contributed by atoms with Crippen LogP contribution in [0.4, 0.5) is 51.2 Å². The minimum absolute atomic E-state index is 0.204. The Labute approximate surface area is 383 Å². The third-order valence-corrected chi connectivity index (χ3v) is 12.0. The van der Waals surface area contributed by atoms with Crippen molar-refractivity contribution in [2.24, 2.45) is 0 Å². The smallest absolute Gasteiger partial charge is 0.0463 e. The molecule has 312 valence electrons. The van der Waals surface area contributed by atoms with Crippen molar-refractivity contribution in [1.82, 2.24) is 0 Å². The predicted octanol–water partition coefficient (Wildman–Crippen LogP) is 17.1. The van der Waals surface area contributed by atoms with E-state index in [1.807, 2.05) is 0 Å². The Kier molecular flexibility index (Phi) is 12.1. The van der Waals surface area contributed by atoms with Gasteiger partial charge in [-0.25, -0.2) is 0 Å². The Bertz CT molecular complexity index is 2920. The van der Waals surface area contributed by atoms with E-state index in [1.165, 1.54) is 27.8 Å². The fourth-order valence-electron chi connectivity index (χ4n) is 8.82. The van der Waals surface area contributed by atoms with Crippen LogP contribution in [0.1, 0.15) is 22.6 Å². The van der Waals surface area contributed by atoms with Crippen LogP contribution in [0.15, 0.2) is 279 Å². The van der Waals surface area contributed by atoms with E-state index in [1.54, 1.807) is 0 Å². The molecule has 0 aliphatic carbocycles. The van der Waals surface area contributed by atoms with E-state index in [2.05, 4.69) is 294 Å². The Morgan fingerprint density at radius 3 is 0.769 bits per heavy atom. The molecule has 0 aliphatic rings. The third-order valence-electron chi connectivity index (χ3n) is 12.0. The molecular formula is C62H49N3. The zero-order chi connectivity index (χ0) is 43.6. The maximum atomic E-state index is 2.32. The average molecular weight is 836 g/mol. The van der Waals surface area contributed by atoms with Crippen LogP contribution in [0.25, 0.3) is 11.1 Å². The van der Waals surface area contributed by atoms with E-state index in [-0.39, 0.29) is 5.92 Å². The molecule has 0 radical (unpaired) electrons. The summed E-state index contributed by atoms with van der Waals surface area (Å²) in [6.07, 6.45) is 0.892. The summed E-state index contributed by atoms with van der Waals surface area (Å²) in [5, 5.41) is 0. The number of para-hydroxylation sites is 5. The first kappa shape index (κ1) is 40.7. The molecule has 10 aromatic carbocycles. The Morgan fingerprint density at radius 2 is 0.446 bits per heavy atom. The van der Waals surface area contributed by atoms with Gasteiger partial charge in [-0.05, 0) is 143 Å². The van der Waals surface area contributed by atoms with Crippen LogP contribution in [0, 0.1) is 0 Å². The summed E-state index contributed by atoms with van der Waals surface area (Å²) >= 11 is 0. The highest BCUT2D eigenvalue weighted by Crippen LogP contribution is 2.40. The molecule has 0 amide bonds. The van der Waals surface area contributed by atoms with Crippen LogP contribution in [0.2, 0.25) is 0 Å². The maximum Gasteiger partial charge on any atom is 0.0463 e. The van der Waals surface area contributed by atoms with Gasteiger partial charge in [0.2, 0.25) is 0 Å². The van der Waals surface area contributed by atoms with Gasteiger partial charge in [0.05, 0.1) is 0 Å². The summed E-state index contributed by atoms with van der Waals surface area (Å²) in [5.41, 5.74) is 16.3. The molecule has 0 heterocycles. The van der Waals surface area contributed by atoms with Crippen molar-refractivity contribution < 1.29 is 0 Å². The van der Waals surface area contributed by atoms with E-state index < -0.39 is 0 Å². The highest BCUT2D eigenvalue weighted by Gasteiger charge is 2.19. The van der Waals surface area contributed by atoms with Gasteiger partial charge >= 0.3 is 0 Å². The minimum Gasteiger partial charge on any atom is -0.311 e. The number of hydrogen-bond donors (Lipinski definition) is 0. The molecule has 10 rings (SSSR count). The molecule has 0 aliphatic heterocycles. The van der Waals surface area contributed by atoms with Crippen molar-refractivity contribution in [1.29, 1.82) is 0 Å². The standard InChI is InChI=1S/C62H49N3/c1-7-19-51(20-8-1)62(52-37-41-59(42-38-52)63(53-21-9-2-10-22-53)54-23-11-3-12-24-54)47-48-31-33-49(34-32-48)50-35-39-58(40-36-50)65(57-29-17-6-18-30-57)61-45-43-60(44-46-61)64(55-25-13-4-14-26-55)56-27-15-5-16-28-56/h1-46,62H,47H2. The molecule has 0 saturated heterocycles. The summed E-state index contributed by atoms with van der Waals surface area (Å²) in [4.78, 5) is 6.93. The summed E-state index contributed by atoms with van der Waals surface area (Å²) in [6, 6.07) is 99.8. The van der Waals surface area contributed by atoms with Crippen LogP contribution in [-0.2, 0) is 6.42 Å². The van der Waals surface area contributed by atoms with Gasteiger partial charge in [-0.3, -0.25) is 0 Å². The molecule has 3 nitrogen and oxygen atoms in total. The Balaban J connectivity index is 0.896. The summed E-state index contributed by atoms with van der Waals surface area (Å²) in [7, 11) is 0. The monoisotopic (exact) mass is 835 g/mol. The molecule has 0 saturated carbocycles. The van der Waals surface area contributed by atoms with Crippen molar-refractivity contribution in [2.75, 3.05) is 14.7 Å². The zero-order valence-electron chi connectivity index (χ0n) is 36.2. The summed E-state index contributed by atoms with van der Waals surface area (Å²) in [6.45, 7) is 0. The van der Waals surface area contributed by atoms with Crippen LogP contribution < -0.4 is 14.7 Å². The fourth-order valence-corrected chi connectivity index (χ4v) is 8.82. The van der Waals surface area contributed by atoms with Crippen molar-refractivity contribution in [3.8, 4) is 11.1 Å². The molecule has 1 atom stereocenters. The molecular weight excluding hydrogens is 787 g/mol. The molecule has 0 bridgehead atoms. The Hall–Kier alpha value is -8.40. The van der Waals surface area contributed by atoms with E-state index in [4.69, 9.17) is 0 Å². The summed E-state index contributed by atoms with van der Waals surface area (Å²) in [5.74, 6) is 0.204. The number of nitrogens with zero attached hydrogens (tertiary/aromatic N) is 3. The number of benzene rings is 10. The van der Waals surface area contributed by atoms with Crippen LogP contribution in [0.5, 0.6) is 0 Å². The topological polar surface area (TPSA) is 9.72 Å².